The molecule has 0 saturated heterocycles. The van der Waals surface area contributed by atoms with Gasteiger partial charge in [-0.15, -0.1) is 0 Å². The maximum Gasteiger partial charge on any atom is 0.427 e. The van der Waals surface area contributed by atoms with Gasteiger partial charge in [0.2, 0.25) is 0 Å². The number of rotatable bonds is 6. The van der Waals surface area contributed by atoms with Gasteiger partial charge in [0.15, 0.2) is 0 Å². The van der Waals surface area contributed by atoms with Crippen molar-refractivity contribution in [3.05, 3.63) is 132 Å². The average molecular weight is 529 g/mol. The topological polar surface area (TPSA) is 35.5 Å². The fourth-order valence-electron chi connectivity index (χ4n) is 5.07. The molecule has 0 heterocycles. The van der Waals surface area contributed by atoms with Crippen LogP contribution in [0.15, 0.2) is 121 Å². The van der Waals surface area contributed by atoms with E-state index in [1.54, 1.807) is 0 Å². The van der Waals surface area contributed by atoms with E-state index in [-0.39, 0.29) is 0 Å². The zero-order valence-corrected chi connectivity index (χ0v) is 23.1. The highest BCUT2D eigenvalue weighted by Crippen LogP contribution is 2.46. The fourth-order valence-corrected chi connectivity index (χ4v) is 6.09. The first-order chi connectivity index (χ1) is 18.8. The van der Waals surface area contributed by atoms with Crippen molar-refractivity contribution in [2.75, 3.05) is 6.66 Å². The lowest BCUT2D eigenvalue weighted by Crippen LogP contribution is -2.00. The molecule has 0 saturated carbocycles. The lowest BCUT2D eigenvalue weighted by atomic mass is 10.00. The molecule has 0 N–H and O–H groups in total. The lowest BCUT2D eigenvalue weighted by Gasteiger charge is -2.18. The van der Waals surface area contributed by atoms with Crippen LogP contribution in [-0.2, 0) is 4.57 Å². The van der Waals surface area contributed by atoms with Gasteiger partial charge in [0, 0.05) is 0 Å². The number of benzene rings is 6. The standard InChI is InChI=1S/C35H29O3P/c1-24-16-32(30-14-12-26-8-4-6-10-28(26)20-30)22-34(18-24)37-39(3,36)38-35-19-25(2)17-33(23-35)31-15-13-27-9-5-7-11-29(27)21-31/h4-23H,1-3H3. The molecule has 39 heavy (non-hydrogen) atoms. The van der Waals surface area contributed by atoms with Crippen molar-refractivity contribution in [3.8, 4) is 33.8 Å². The molecule has 0 spiro atoms. The minimum atomic E-state index is -3.48. The molecule has 6 rings (SSSR count). The van der Waals surface area contributed by atoms with E-state index in [2.05, 4.69) is 72.8 Å². The van der Waals surface area contributed by atoms with Gasteiger partial charge in [-0.05, 0) is 105 Å². The molecule has 0 bridgehead atoms. The maximum absolute atomic E-state index is 13.6. The molecule has 0 radical (unpaired) electrons. The molecule has 6 aromatic carbocycles. The second-order valence-electron chi connectivity index (χ2n) is 10.1. The predicted octanol–water partition coefficient (Wildman–Crippen LogP) is 10.2. The van der Waals surface area contributed by atoms with Crippen LogP contribution in [0.1, 0.15) is 11.1 Å². The summed E-state index contributed by atoms with van der Waals surface area (Å²) in [6.45, 7) is 5.54. The minimum Gasteiger partial charge on any atom is -0.416 e. The second kappa shape index (κ2) is 10.1. The van der Waals surface area contributed by atoms with Crippen LogP contribution in [0.4, 0.5) is 0 Å². The van der Waals surface area contributed by atoms with Gasteiger partial charge in [0.1, 0.15) is 11.5 Å². The molecule has 192 valence electrons. The monoisotopic (exact) mass is 528 g/mol. The highest BCUT2D eigenvalue weighted by atomic mass is 31.2. The molecule has 0 fully saturated rings. The van der Waals surface area contributed by atoms with E-state index in [0.29, 0.717) is 11.5 Å². The molecular formula is C35H29O3P. The largest absolute Gasteiger partial charge is 0.427 e. The molecule has 0 atom stereocenters. The first-order valence-electron chi connectivity index (χ1n) is 13.0. The summed E-state index contributed by atoms with van der Waals surface area (Å²) in [6.07, 6.45) is 0. The summed E-state index contributed by atoms with van der Waals surface area (Å²) in [5, 5.41) is 4.73. The van der Waals surface area contributed by atoms with Gasteiger partial charge < -0.3 is 9.05 Å². The SMILES string of the molecule is Cc1cc(OP(C)(=O)Oc2cc(C)cc(-c3ccc4ccccc4c3)c2)cc(-c2ccc3ccccc3c2)c1. The number of hydrogen-bond acceptors (Lipinski definition) is 3. The zero-order valence-electron chi connectivity index (χ0n) is 22.2. The molecule has 0 unspecified atom stereocenters. The van der Waals surface area contributed by atoms with E-state index in [4.69, 9.17) is 9.05 Å². The van der Waals surface area contributed by atoms with Gasteiger partial charge in [0.25, 0.3) is 0 Å². The molecule has 0 aliphatic heterocycles. The quantitative estimate of drug-likeness (QED) is 0.202. The molecule has 0 aliphatic rings. The smallest absolute Gasteiger partial charge is 0.416 e. The summed E-state index contributed by atoms with van der Waals surface area (Å²) < 4.78 is 25.6. The third-order valence-corrected chi connectivity index (χ3v) is 7.89. The normalized spacial score (nSPS) is 11.6. The zero-order chi connectivity index (χ0) is 27.0. The van der Waals surface area contributed by atoms with Crippen molar-refractivity contribution in [2.45, 2.75) is 13.8 Å². The summed E-state index contributed by atoms with van der Waals surface area (Å²) in [5.41, 5.74) is 6.20. The molecule has 4 heteroatoms. The summed E-state index contributed by atoms with van der Waals surface area (Å²) >= 11 is 0. The molecule has 0 aromatic heterocycles. The van der Waals surface area contributed by atoms with Crippen LogP contribution < -0.4 is 9.05 Å². The van der Waals surface area contributed by atoms with Crippen LogP contribution in [-0.4, -0.2) is 6.66 Å². The first-order valence-corrected chi connectivity index (χ1v) is 15.0. The van der Waals surface area contributed by atoms with E-state index in [9.17, 15) is 4.57 Å². The van der Waals surface area contributed by atoms with Crippen molar-refractivity contribution >= 4 is 29.1 Å². The van der Waals surface area contributed by atoms with Crippen LogP contribution in [0.2, 0.25) is 0 Å². The highest BCUT2D eigenvalue weighted by molar-refractivity contribution is 7.53. The van der Waals surface area contributed by atoms with Crippen LogP contribution in [0, 0.1) is 13.8 Å². The Bertz CT molecular complexity index is 1750. The van der Waals surface area contributed by atoms with Crippen molar-refractivity contribution in [1.29, 1.82) is 0 Å². The summed E-state index contributed by atoms with van der Waals surface area (Å²) in [6, 6.07) is 41.2. The average Bonchev–Trinajstić information content (AvgIpc) is 2.91. The number of hydrogen-bond donors (Lipinski definition) is 0. The van der Waals surface area contributed by atoms with E-state index >= 15 is 0 Å². The van der Waals surface area contributed by atoms with Gasteiger partial charge in [0.05, 0.1) is 6.66 Å². The van der Waals surface area contributed by atoms with Crippen molar-refractivity contribution in [3.63, 3.8) is 0 Å². The minimum absolute atomic E-state index is 0.520. The molecule has 0 aliphatic carbocycles. The maximum atomic E-state index is 13.6. The third kappa shape index (κ3) is 5.60. The Kier molecular flexibility index (Phi) is 6.46. The number of aryl methyl sites for hydroxylation is 2. The Balaban J connectivity index is 1.27. The van der Waals surface area contributed by atoms with Crippen LogP contribution >= 0.6 is 7.60 Å². The molecule has 6 aromatic rings. The van der Waals surface area contributed by atoms with Crippen LogP contribution in [0.25, 0.3) is 43.8 Å². The Morgan fingerprint density at radius 3 is 1.31 bits per heavy atom. The van der Waals surface area contributed by atoms with Crippen molar-refractivity contribution < 1.29 is 13.6 Å². The van der Waals surface area contributed by atoms with Gasteiger partial charge in [-0.2, -0.15) is 0 Å². The van der Waals surface area contributed by atoms with E-state index < -0.39 is 7.60 Å². The Morgan fingerprint density at radius 1 is 0.462 bits per heavy atom. The van der Waals surface area contributed by atoms with Crippen molar-refractivity contribution in [1.82, 2.24) is 0 Å². The van der Waals surface area contributed by atoms with Gasteiger partial charge >= 0.3 is 7.60 Å². The third-order valence-electron chi connectivity index (χ3n) is 6.81. The van der Waals surface area contributed by atoms with Crippen molar-refractivity contribution in [2.24, 2.45) is 0 Å². The van der Waals surface area contributed by atoms with Gasteiger partial charge in [-0.1, -0.05) is 84.9 Å². The molecular weight excluding hydrogens is 499 g/mol. The summed E-state index contributed by atoms with van der Waals surface area (Å²) in [5.74, 6) is 1.04. The molecule has 3 nitrogen and oxygen atoms in total. The Labute approximate surface area is 229 Å². The van der Waals surface area contributed by atoms with Gasteiger partial charge in [-0.25, -0.2) is 4.57 Å². The Morgan fingerprint density at radius 2 is 0.872 bits per heavy atom. The fraction of sp³-hybridized carbons (Fsp3) is 0.0857. The van der Waals surface area contributed by atoms with E-state index in [1.807, 2.05) is 62.4 Å². The summed E-state index contributed by atoms with van der Waals surface area (Å²) in [7, 11) is -3.48. The highest BCUT2D eigenvalue weighted by Gasteiger charge is 2.22. The second-order valence-corrected chi connectivity index (χ2v) is 12.1. The summed E-state index contributed by atoms with van der Waals surface area (Å²) in [4.78, 5) is 0. The first kappa shape index (κ1) is 25.0. The van der Waals surface area contributed by atoms with Crippen LogP contribution in [0.5, 0.6) is 11.5 Å². The van der Waals surface area contributed by atoms with Crippen LogP contribution in [0.3, 0.4) is 0 Å². The Hall–Kier alpha value is -4.33. The van der Waals surface area contributed by atoms with Gasteiger partial charge in [-0.3, -0.25) is 0 Å². The van der Waals surface area contributed by atoms with E-state index in [0.717, 1.165) is 33.4 Å². The molecule has 0 amide bonds. The number of fused-ring (bicyclic) bond motifs is 2. The van der Waals surface area contributed by atoms with E-state index in [1.165, 1.54) is 28.2 Å². The lowest BCUT2D eigenvalue weighted by molar-refractivity contribution is 0.393. The predicted molar refractivity (Wildman–Crippen MR) is 163 cm³/mol.